The van der Waals surface area contributed by atoms with Gasteiger partial charge in [-0.15, -0.1) is 0 Å². The number of hydrogen-bond donors (Lipinski definition) is 2. The molecule has 3 N–H and O–H groups in total. The lowest BCUT2D eigenvalue weighted by Crippen LogP contribution is -2.51. The lowest BCUT2D eigenvalue weighted by molar-refractivity contribution is -0.261. The van der Waals surface area contributed by atoms with E-state index in [1.807, 2.05) is 0 Å². The molecule has 10 heteroatoms. The smallest absolute Gasteiger partial charge is 0.417 e. The molecular weight excluding hydrogens is 283 g/mol. The molecule has 0 amide bonds. The maximum atomic E-state index is 12.2. The number of carbonyl (C=O) groups is 1. The van der Waals surface area contributed by atoms with Crippen molar-refractivity contribution >= 4 is 5.97 Å². The molecule has 20 heavy (non-hydrogen) atoms. The van der Waals surface area contributed by atoms with Crippen molar-refractivity contribution in [2.45, 2.75) is 44.7 Å². The summed E-state index contributed by atoms with van der Waals surface area (Å²) < 4.78 is 45.5. The number of halogens is 3. The Morgan fingerprint density at radius 3 is 2.50 bits per heavy atom. The molecule has 1 aromatic rings. The van der Waals surface area contributed by atoms with Gasteiger partial charge in [-0.05, 0) is 6.42 Å². The maximum absolute atomic E-state index is 12.2. The number of alkyl halides is 3. The first-order valence-electron chi connectivity index (χ1n) is 5.76. The summed E-state index contributed by atoms with van der Waals surface area (Å²) in [6.45, 7) is 3.13. The quantitative estimate of drug-likeness (QED) is 0.605. The van der Waals surface area contributed by atoms with Crippen molar-refractivity contribution in [3.63, 3.8) is 0 Å². The monoisotopic (exact) mass is 297 g/mol. The van der Waals surface area contributed by atoms with Crippen LogP contribution in [0.2, 0.25) is 0 Å². The largest absolute Gasteiger partial charge is 0.491 e. The molecule has 0 aliphatic carbocycles. The normalized spacial score (nSPS) is 16.6. The molecule has 0 aliphatic rings. The van der Waals surface area contributed by atoms with Crippen molar-refractivity contribution in [3.8, 4) is 0 Å². The highest BCUT2D eigenvalue weighted by Gasteiger charge is 2.51. The number of carbonyl (C=O) groups excluding carboxylic acids is 1. The minimum atomic E-state index is -5.28. The number of nitrogens with zero attached hydrogens (tertiary/aromatic N) is 2. The average Bonchev–Trinajstić information content (AvgIpc) is 2.85. The Labute approximate surface area is 111 Å². The van der Waals surface area contributed by atoms with E-state index in [1.165, 1.54) is 6.92 Å². The molecule has 1 heterocycles. The lowest BCUT2D eigenvalue weighted by atomic mass is 10.0. The summed E-state index contributed by atoms with van der Waals surface area (Å²) in [6, 6.07) is -1.35. The zero-order valence-corrected chi connectivity index (χ0v) is 10.8. The first-order valence-corrected chi connectivity index (χ1v) is 5.76. The summed E-state index contributed by atoms with van der Waals surface area (Å²) >= 11 is 0. The molecule has 114 valence electrons. The molecule has 0 aliphatic heterocycles. The molecule has 0 bridgehead atoms. The number of esters is 1. The predicted octanol–water partition coefficient (Wildman–Crippen LogP) is 0.620. The van der Waals surface area contributed by atoms with Gasteiger partial charge in [0, 0.05) is 6.42 Å². The molecule has 0 spiro atoms. The SMILES string of the molecule is CCc1nc([C@@](O)(OC(=O)C(F)(F)F)[C@@H](N)CC)no1. The number of aromatic nitrogens is 2. The highest BCUT2D eigenvalue weighted by atomic mass is 19.4. The number of rotatable bonds is 5. The van der Waals surface area contributed by atoms with Crippen molar-refractivity contribution in [2.24, 2.45) is 5.73 Å². The summed E-state index contributed by atoms with van der Waals surface area (Å²) in [4.78, 5) is 14.6. The molecular formula is C10H14F3N3O4. The molecule has 0 saturated carbocycles. The fourth-order valence-corrected chi connectivity index (χ4v) is 1.31. The predicted molar refractivity (Wildman–Crippen MR) is 58.0 cm³/mol. The fraction of sp³-hybridized carbons (Fsp3) is 0.700. The zero-order chi connectivity index (χ0) is 15.6. The third kappa shape index (κ3) is 3.25. The van der Waals surface area contributed by atoms with Crippen molar-refractivity contribution in [3.05, 3.63) is 11.7 Å². The Kier molecular flexibility index (Phi) is 4.71. The second kappa shape index (κ2) is 5.75. The summed E-state index contributed by atoms with van der Waals surface area (Å²) in [5, 5.41) is 13.4. The van der Waals surface area contributed by atoms with Crippen LogP contribution in [0, 0.1) is 0 Å². The van der Waals surface area contributed by atoms with E-state index in [0.29, 0.717) is 0 Å². The Morgan fingerprint density at radius 1 is 1.50 bits per heavy atom. The van der Waals surface area contributed by atoms with E-state index in [1.54, 1.807) is 6.92 Å². The molecule has 0 fully saturated rings. The zero-order valence-electron chi connectivity index (χ0n) is 10.8. The minimum Gasteiger partial charge on any atom is -0.417 e. The second-order valence-corrected chi connectivity index (χ2v) is 3.96. The molecule has 0 aromatic carbocycles. The first kappa shape index (κ1) is 16.4. The van der Waals surface area contributed by atoms with Gasteiger partial charge in [0.15, 0.2) is 0 Å². The van der Waals surface area contributed by atoms with Crippen LogP contribution in [-0.2, 0) is 21.7 Å². The van der Waals surface area contributed by atoms with E-state index < -0.39 is 29.8 Å². The van der Waals surface area contributed by atoms with Crippen molar-refractivity contribution in [1.29, 1.82) is 0 Å². The number of ether oxygens (including phenoxy) is 1. The van der Waals surface area contributed by atoms with Gasteiger partial charge in [0.05, 0.1) is 6.04 Å². The van der Waals surface area contributed by atoms with Crippen LogP contribution in [0.4, 0.5) is 13.2 Å². The lowest BCUT2D eigenvalue weighted by Gasteiger charge is -2.29. The van der Waals surface area contributed by atoms with Gasteiger partial charge in [-0.3, -0.25) is 0 Å². The van der Waals surface area contributed by atoms with E-state index in [2.05, 4.69) is 19.4 Å². The van der Waals surface area contributed by atoms with Crippen molar-refractivity contribution < 1.29 is 32.3 Å². The van der Waals surface area contributed by atoms with Crippen LogP contribution >= 0.6 is 0 Å². The van der Waals surface area contributed by atoms with Gasteiger partial charge in [0.25, 0.3) is 5.79 Å². The Balaban J connectivity index is 3.13. The van der Waals surface area contributed by atoms with Crippen LogP contribution in [0.3, 0.4) is 0 Å². The third-order valence-corrected chi connectivity index (χ3v) is 2.51. The van der Waals surface area contributed by atoms with E-state index in [0.717, 1.165) is 0 Å². The van der Waals surface area contributed by atoms with Gasteiger partial charge < -0.3 is 20.1 Å². The average molecular weight is 297 g/mol. The number of aryl methyl sites for hydroxylation is 1. The minimum absolute atomic E-state index is 0.0115. The van der Waals surface area contributed by atoms with Crippen LogP contribution < -0.4 is 5.73 Å². The number of hydrogen-bond acceptors (Lipinski definition) is 7. The van der Waals surface area contributed by atoms with E-state index in [-0.39, 0.29) is 18.7 Å². The highest BCUT2D eigenvalue weighted by Crippen LogP contribution is 2.29. The molecule has 0 radical (unpaired) electrons. The van der Waals surface area contributed by atoms with Gasteiger partial charge in [-0.25, -0.2) is 4.79 Å². The summed E-state index contributed by atoms with van der Waals surface area (Å²) in [5.74, 6) is -5.96. The maximum Gasteiger partial charge on any atom is 0.491 e. The van der Waals surface area contributed by atoms with Crippen LogP contribution in [0.25, 0.3) is 0 Å². The summed E-state index contributed by atoms with van der Waals surface area (Å²) in [7, 11) is 0. The summed E-state index contributed by atoms with van der Waals surface area (Å²) in [5.41, 5.74) is 5.51. The topological polar surface area (TPSA) is 111 Å². The van der Waals surface area contributed by atoms with Crippen LogP contribution in [0.1, 0.15) is 32.0 Å². The molecule has 0 unspecified atom stereocenters. The summed E-state index contributed by atoms with van der Waals surface area (Å²) in [6.07, 6.45) is -4.98. The molecule has 2 atom stereocenters. The Hall–Kier alpha value is -1.68. The van der Waals surface area contributed by atoms with Crippen molar-refractivity contribution in [2.75, 3.05) is 0 Å². The third-order valence-electron chi connectivity index (χ3n) is 2.51. The van der Waals surface area contributed by atoms with Gasteiger partial charge in [-0.2, -0.15) is 18.2 Å². The van der Waals surface area contributed by atoms with Gasteiger partial charge >= 0.3 is 12.1 Å². The molecule has 0 saturated heterocycles. The van der Waals surface area contributed by atoms with Crippen LogP contribution in [0.5, 0.6) is 0 Å². The van der Waals surface area contributed by atoms with Crippen molar-refractivity contribution in [1.82, 2.24) is 10.1 Å². The van der Waals surface area contributed by atoms with Crippen LogP contribution in [0.15, 0.2) is 4.52 Å². The van der Waals surface area contributed by atoms with E-state index in [4.69, 9.17) is 5.73 Å². The Bertz CT molecular complexity index is 477. The van der Waals surface area contributed by atoms with E-state index in [9.17, 15) is 23.1 Å². The number of aliphatic hydroxyl groups is 1. The van der Waals surface area contributed by atoms with E-state index >= 15 is 0 Å². The molecule has 1 aromatic heterocycles. The van der Waals surface area contributed by atoms with Crippen LogP contribution in [-0.4, -0.2) is 33.4 Å². The van der Waals surface area contributed by atoms with Gasteiger partial charge in [0.2, 0.25) is 11.7 Å². The highest BCUT2D eigenvalue weighted by molar-refractivity contribution is 5.76. The molecule has 7 nitrogen and oxygen atoms in total. The number of nitrogens with two attached hydrogens (primary N) is 1. The standard InChI is InChI=1S/C10H14F3N3O4/c1-3-5(14)9(18,19-8(17)10(11,12)13)7-15-6(4-2)20-16-7/h5,18H,3-4,14H2,1-2H3/t5-,9-/m0/s1. The Morgan fingerprint density at radius 2 is 2.10 bits per heavy atom. The molecule has 1 rings (SSSR count). The van der Waals surface area contributed by atoms with Gasteiger partial charge in [0.1, 0.15) is 0 Å². The van der Waals surface area contributed by atoms with Gasteiger partial charge in [-0.1, -0.05) is 19.0 Å². The fourth-order valence-electron chi connectivity index (χ4n) is 1.31. The second-order valence-electron chi connectivity index (χ2n) is 3.96. The first-order chi connectivity index (χ1) is 9.15.